The molecule has 1 aromatic carbocycles. The summed E-state index contributed by atoms with van der Waals surface area (Å²) in [6.45, 7) is 4.36. The highest BCUT2D eigenvalue weighted by Crippen LogP contribution is 2.56. The molecule has 18 heavy (non-hydrogen) atoms. The summed E-state index contributed by atoms with van der Waals surface area (Å²) in [4.78, 5) is 0. The Morgan fingerprint density at radius 3 is 2.17 bits per heavy atom. The zero-order valence-corrected chi connectivity index (χ0v) is 11.7. The van der Waals surface area contributed by atoms with E-state index in [9.17, 15) is 0 Å². The predicted octanol–water partition coefficient (Wildman–Crippen LogP) is 3.61. The fourth-order valence-electron chi connectivity index (χ4n) is 4.28. The Balaban J connectivity index is 1.65. The highest BCUT2D eigenvalue weighted by atomic mass is 14.7. The van der Waals surface area contributed by atoms with Crippen molar-refractivity contribution in [3.8, 4) is 0 Å². The lowest BCUT2D eigenvalue weighted by molar-refractivity contribution is 0.480. The largest absolute Gasteiger partial charge is 0.327 e. The number of hydrogen-bond acceptors (Lipinski definition) is 1. The average Bonchev–Trinajstić information content (AvgIpc) is 3.01. The van der Waals surface area contributed by atoms with Crippen molar-refractivity contribution >= 4 is 0 Å². The fourth-order valence-corrected chi connectivity index (χ4v) is 4.28. The first-order chi connectivity index (χ1) is 8.65. The molecule has 2 aliphatic rings. The number of hydrogen-bond donors (Lipinski definition) is 1. The molecule has 0 spiro atoms. The maximum Gasteiger partial charge on any atom is 0.0113 e. The lowest BCUT2D eigenvalue weighted by atomic mass is 9.98. The SMILES string of the molecule is Cc1cc(C)cc(CC(N)C2C3CCCCC32)c1. The van der Waals surface area contributed by atoms with Crippen LogP contribution in [-0.4, -0.2) is 6.04 Å². The van der Waals surface area contributed by atoms with Crippen LogP contribution in [0, 0.1) is 31.6 Å². The van der Waals surface area contributed by atoms with Gasteiger partial charge in [0.25, 0.3) is 0 Å². The molecule has 2 aliphatic carbocycles. The van der Waals surface area contributed by atoms with Crippen LogP contribution in [0.2, 0.25) is 0 Å². The van der Waals surface area contributed by atoms with Crippen molar-refractivity contribution in [2.75, 3.05) is 0 Å². The highest BCUT2D eigenvalue weighted by molar-refractivity contribution is 5.29. The summed E-state index contributed by atoms with van der Waals surface area (Å²) >= 11 is 0. The lowest BCUT2D eigenvalue weighted by Gasteiger charge is -2.13. The van der Waals surface area contributed by atoms with Crippen molar-refractivity contribution in [2.45, 2.75) is 52.0 Å². The van der Waals surface area contributed by atoms with E-state index >= 15 is 0 Å². The number of benzene rings is 1. The van der Waals surface area contributed by atoms with E-state index in [2.05, 4.69) is 32.0 Å². The number of aryl methyl sites for hydroxylation is 2. The Hall–Kier alpha value is -0.820. The van der Waals surface area contributed by atoms with Crippen LogP contribution in [0.1, 0.15) is 42.4 Å². The van der Waals surface area contributed by atoms with Gasteiger partial charge in [0.2, 0.25) is 0 Å². The predicted molar refractivity (Wildman–Crippen MR) is 76.5 cm³/mol. The maximum atomic E-state index is 6.47. The first-order valence-corrected chi connectivity index (χ1v) is 7.48. The van der Waals surface area contributed by atoms with Gasteiger partial charge in [0.05, 0.1) is 0 Å². The molecular formula is C17H25N. The van der Waals surface area contributed by atoms with Gasteiger partial charge < -0.3 is 5.73 Å². The van der Waals surface area contributed by atoms with Crippen LogP contribution in [0.4, 0.5) is 0 Å². The molecule has 0 saturated heterocycles. The summed E-state index contributed by atoms with van der Waals surface area (Å²) in [5.41, 5.74) is 10.6. The lowest BCUT2D eigenvalue weighted by Crippen LogP contribution is -2.26. The molecule has 3 rings (SSSR count). The molecule has 2 saturated carbocycles. The van der Waals surface area contributed by atoms with Crippen molar-refractivity contribution < 1.29 is 0 Å². The molecule has 98 valence electrons. The van der Waals surface area contributed by atoms with E-state index in [1.165, 1.54) is 42.4 Å². The molecule has 1 heteroatoms. The molecule has 3 atom stereocenters. The van der Waals surface area contributed by atoms with E-state index in [1.54, 1.807) is 0 Å². The van der Waals surface area contributed by atoms with Crippen molar-refractivity contribution in [3.05, 3.63) is 34.9 Å². The van der Waals surface area contributed by atoms with Crippen LogP contribution in [0.15, 0.2) is 18.2 Å². The van der Waals surface area contributed by atoms with E-state index < -0.39 is 0 Å². The van der Waals surface area contributed by atoms with Gasteiger partial charge >= 0.3 is 0 Å². The van der Waals surface area contributed by atoms with Crippen molar-refractivity contribution in [1.29, 1.82) is 0 Å². The van der Waals surface area contributed by atoms with Crippen LogP contribution < -0.4 is 5.73 Å². The zero-order chi connectivity index (χ0) is 12.7. The molecule has 0 bridgehead atoms. The van der Waals surface area contributed by atoms with Gasteiger partial charge in [-0.2, -0.15) is 0 Å². The third-order valence-corrected chi connectivity index (χ3v) is 4.97. The van der Waals surface area contributed by atoms with Crippen molar-refractivity contribution in [1.82, 2.24) is 0 Å². The molecule has 2 fully saturated rings. The van der Waals surface area contributed by atoms with E-state index in [0.717, 1.165) is 24.2 Å². The first kappa shape index (κ1) is 12.2. The molecule has 3 unspecified atom stereocenters. The van der Waals surface area contributed by atoms with Gasteiger partial charge in [-0.15, -0.1) is 0 Å². The summed E-state index contributed by atoms with van der Waals surface area (Å²) in [6, 6.07) is 7.24. The summed E-state index contributed by atoms with van der Waals surface area (Å²) in [6.07, 6.45) is 6.83. The van der Waals surface area contributed by atoms with Crippen LogP contribution in [0.5, 0.6) is 0 Å². The summed E-state index contributed by atoms with van der Waals surface area (Å²) in [5.74, 6) is 2.77. The summed E-state index contributed by atoms with van der Waals surface area (Å²) < 4.78 is 0. The van der Waals surface area contributed by atoms with Gasteiger partial charge in [-0.25, -0.2) is 0 Å². The standard InChI is InChI=1S/C17H25N/c1-11-7-12(2)9-13(8-11)10-16(18)17-14-5-3-4-6-15(14)17/h7-9,14-17H,3-6,10,18H2,1-2H3. The van der Waals surface area contributed by atoms with Gasteiger partial charge in [-0.3, -0.25) is 0 Å². The topological polar surface area (TPSA) is 26.0 Å². The number of nitrogens with two attached hydrogens (primary N) is 1. The smallest absolute Gasteiger partial charge is 0.0113 e. The monoisotopic (exact) mass is 243 g/mol. The van der Waals surface area contributed by atoms with Gasteiger partial charge in [-0.1, -0.05) is 42.2 Å². The summed E-state index contributed by atoms with van der Waals surface area (Å²) in [5, 5.41) is 0. The summed E-state index contributed by atoms with van der Waals surface area (Å²) in [7, 11) is 0. The fraction of sp³-hybridized carbons (Fsp3) is 0.647. The van der Waals surface area contributed by atoms with Crippen LogP contribution in [0.25, 0.3) is 0 Å². The Morgan fingerprint density at radius 1 is 1.06 bits per heavy atom. The minimum absolute atomic E-state index is 0.388. The Morgan fingerprint density at radius 2 is 1.61 bits per heavy atom. The molecule has 1 aromatic rings. The van der Waals surface area contributed by atoms with Gasteiger partial charge in [0.15, 0.2) is 0 Å². The minimum atomic E-state index is 0.388. The normalized spacial score (nSPS) is 31.8. The second kappa shape index (κ2) is 4.70. The quantitative estimate of drug-likeness (QED) is 0.862. The maximum absolute atomic E-state index is 6.47. The second-order valence-corrected chi connectivity index (χ2v) is 6.55. The second-order valence-electron chi connectivity index (χ2n) is 6.55. The molecule has 0 aliphatic heterocycles. The Kier molecular flexibility index (Phi) is 3.19. The number of fused-ring (bicyclic) bond motifs is 1. The van der Waals surface area contributed by atoms with E-state index in [-0.39, 0.29) is 0 Å². The Labute approximate surface area is 111 Å². The van der Waals surface area contributed by atoms with E-state index in [0.29, 0.717) is 6.04 Å². The van der Waals surface area contributed by atoms with Crippen LogP contribution in [-0.2, 0) is 6.42 Å². The third kappa shape index (κ3) is 2.33. The van der Waals surface area contributed by atoms with E-state index in [1.807, 2.05) is 0 Å². The van der Waals surface area contributed by atoms with E-state index in [4.69, 9.17) is 5.73 Å². The zero-order valence-electron chi connectivity index (χ0n) is 11.7. The molecule has 0 radical (unpaired) electrons. The van der Waals surface area contributed by atoms with Crippen molar-refractivity contribution in [3.63, 3.8) is 0 Å². The average molecular weight is 243 g/mol. The molecule has 0 aromatic heterocycles. The molecule has 0 amide bonds. The van der Waals surface area contributed by atoms with Gasteiger partial charge in [0, 0.05) is 6.04 Å². The molecule has 0 heterocycles. The highest BCUT2D eigenvalue weighted by Gasteiger charge is 2.52. The molecule has 2 N–H and O–H groups in total. The molecule has 1 nitrogen and oxygen atoms in total. The van der Waals surface area contributed by atoms with Crippen molar-refractivity contribution in [2.24, 2.45) is 23.5 Å². The molecular weight excluding hydrogens is 218 g/mol. The van der Waals surface area contributed by atoms with Crippen LogP contribution >= 0.6 is 0 Å². The first-order valence-electron chi connectivity index (χ1n) is 7.48. The Bertz CT molecular complexity index is 405. The number of rotatable bonds is 3. The third-order valence-electron chi connectivity index (χ3n) is 4.97. The minimum Gasteiger partial charge on any atom is -0.327 e. The van der Waals surface area contributed by atoms with Gasteiger partial charge in [-0.05, 0) is 56.4 Å². The van der Waals surface area contributed by atoms with Crippen LogP contribution in [0.3, 0.4) is 0 Å². The van der Waals surface area contributed by atoms with Gasteiger partial charge in [0.1, 0.15) is 0 Å².